The number of thioether (sulfide) groups is 1. The second-order valence-electron chi connectivity index (χ2n) is 8.15. The highest BCUT2D eigenvalue weighted by atomic mass is 32.2. The summed E-state index contributed by atoms with van der Waals surface area (Å²) in [5, 5.41) is 21.8. The lowest BCUT2D eigenvalue weighted by atomic mass is 10.0. The van der Waals surface area contributed by atoms with Gasteiger partial charge in [0.1, 0.15) is 35.7 Å². The Labute approximate surface area is 227 Å². The Morgan fingerprint density at radius 2 is 2.21 bits per heavy atom. The second-order valence-corrected chi connectivity index (χ2v) is 11.1. The van der Waals surface area contributed by atoms with Gasteiger partial charge in [0.05, 0.1) is 6.20 Å². The molecule has 0 saturated carbocycles. The number of aliphatic carboxylic acids is 1. The first-order valence-electron chi connectivity index (χ1n) is 10.9. The maximum atomic E-state index is 13.0. The lowest BCUT2D eigenvalue weighted by Gasteiger charge is -2.49. The first-order chi connectivity index (χ1) is 18.2. The molecule has 200 valence electrons. The molecule has 1 fully saturated rings. The normalized spacial score (nSPS) is 22.8. The van der Waals surface area contributed by atoms with E-state index >= 15 is 0 Å². The first-order valence-corrected chi connectivity index (χ1v) is 13.8. The van der Waals surface area contributed by atoms with Crippen molar-refractivity contribution in [2.24, 2.45) is 5.16 Å². The van der Waals surface area contributed by atoms with Crippen LogP contribution < -0.4 is 21.9 Å². The number of fused-ring (bicyclic) bond motifs is 2. The Balaban J connectivity index is 1.26. The van der Waals surface area contributed by atoms with E-state index in [9.17, 15) is 24.3 Å². The monoisotopic (exact) mass is 579 g/mol. The van der Waals surface area contributed by atoms with E-state index in [1.807, 2.05) is 0 Å². The molecule has 0 bridgehead atoms. The van der Waals surface area contributed by atoms with Crippen LogP contribution in [0, 0.1) is 0 Å². The van der Waals surface area contributed by atoms with Crippen molar-refractivity contribution in [3.05, 3.63) is 46.1 Å². The van der Waals surface area contributed by atoms with Crippen molar-refractivity contribution in [1.29, 1.82) is 0 Å². The van der Waals surface area contributed by atoms with E-state index in [1.54, 1.807) is 17.5 Å². The van der Waals surface area contributed by atoms with Gasteiger partial charge in [0.2, 0.25) is 0 Å². The number of amides is 3. The summed E-state index contributed by atoms with van der Waals surface area (Å²) in [6.45, 7) is 1.77. The molecule has 4 aliphatic heterocycles. The summed E-state index contributed by atoms with van der Waals surface area (Å²) < 4.78 is 1.58. The quantitative estimate of drug-likeness (QED) is 0.113. The van der Waals surface area contributed by atoms with E-state index in [-0.39, 0.29) is 33.9 Å². The van der Waals surface area contributed by atoms with Crippen LogP contribution in [0.3, 0.4) is 0 Å². The number of hydrogen-bond donors (Lipinski definition) is 5. The molecule has 1 aromatic heterocycles. The van der Waals surface area contributed by atoms with Crippen LogP contribution in [0.2, 0.25) is 0 Å². The summed E-state index contributed by atoms with van der Waals surface area (Å²) in [6, 6.07) is -0.956. The molecule has 2 atom stereocenters. The Morgan fingerprint density at radius 1 is 1.42 bits per heavy atom. The largest absolute Gasteiger partial charge is 0.477 e. The Kier molecular flexibility index (Phi) is 6.95. The number of hydrogen-bond acceptors (Lipinski definition) is 14. The zero-order chi connectivity index (χ0) is 27.1. The number of aromatic nitrogens is 1. The maximum absolute atomic E-state index is 13.0. The van der Waals surface area contributed by atoms with Crippen molar-refractivity contribution in [3.8, 4) is 0 Å². The molecule has 1 aromatic rings. The number of carbonyl (C=O) groups is 4. The highest BCUT2D eigenvalue weighted by Gasteiger charge is 2.54. The summed E-state index contributed by atoms with van der Waals surface area (Å²) >= 11 is 3.68. The van der Waals surface area contributed by atoms with Crippen LogP contribution in [-0.4, -0.2) is 83.8 Å². The van der Waals surface area contributed by atoms with Gasteiger partial charge in [-0.3, -0.25) is 19.3 Å². The number of carboxylic acid groups (broad SMARTS) is 1. The smallest absolute Gasteiger partial charge is 0.352 e. The molecule has 0 aliphatic carbocycles. The van der Waals surface area contributed by atoms with Gasteiger partial charge in [-0.15, -0.1) is 28.6 Å². The average molecular weight is 580 g/mol. The molecule has 3 amide bonds. The number of rotatable bonds is 8. The topological polar surface area (TPSA) is 195 Å². The maximum Gasteiger partial charge on any atom is 0.352 e. The molecular formula is C20H21N9O6S3. The van der Waals surface area contributed by atoms with E-state index in [2.05, 4.69) is 26.3 Å². The number of nitrogens with zero attached hydrogens (tertiary/aromatic N) is 5. The third kappa shape index (κ3) is 4.66. The predicted molar refractivity (Wildman–Crippen MR) is 139 cm³/mol. The number of hydrazine groups is 2. The molecule has 0 unspecified atom stereocenters. The third-order valence-electron chi connectivity index (χ3n) is 5.64. The third-order valence-corrected chi connectivity index (χ3v) is 8.60. The number of thiazole rings is 1. The number of β-lactam (4-membered cyclic amide) rings is 1. The van der Waals surface area contributed by atoms with Crippen LogP contribution >= 0.6 is 35.0 Å². The van der Waals surface area contributed by atoms with Gasteiger partial charge in [-0.2, -0.15) is 0 Å². The summed E-state index contributed by atoms with van der Waals surface area (Å²) in [5.74, 6) is -1.64. The van der Waals surface area contributed by atoms with E-state index in [1.165, 1.54) is 52.2 Å². The lowest BCUT2D eigenvalue weighted by Crippen LogP contribution is -2.71. The highest BCUT2D eigenvalue weighted by molar-refractivity contribution is 8.00. The first kappa shape index (κ1) is 25.9. The summed E-state index contributed by atoms with van der Waals surface area (Å²) in [6.07, 6.45) is 3.12. The molecule has 6 N–H and O–H groups in total. The summed E-state index contributed by atoms with van der Waals surface area (Å²) in [5.41, 5.74) is 9.69. The molecule has 15 nitrogen and oxygen atoms in total. The summed E-state index contributed by atoms with van der Waals surface area (Å²) in [4.78, 5) is 60.2. The van der Waals surface area contributed by atoms with Gasteiger partial charge >= 0.3 is 5.97 Å². The zero-order valence-corrected chi connectivity index (χ0v) is 22.3. The minimum Gasteiger partial charge on any atom is -0.477 e. The van der Waals surface area contributed by atoms with Crippen molar-refractivity contribution >= 4 is 69.6 Å². The van der Waals surface area contributed by atoms with Gasteiger partial charge in [0.15, 0.2) is 10.8 Å². The standard InChI is InChI=1S/C20H21N9O6S3/c1-8-3-12(30)29-11(22-8)4-27(26-29)38-6-9-5-36-18-14(17(32)28(18)15(9)19(33)34)24-16(31)13(25-35-2)10-7-37-20(21)23-10/h3-4,7,14,18,22,26H,5-6H2,1-2H3,(H2,21,23)(H,24,31)(H,33,34)/t14-,18-/m1/s1. The van der Waals surface area contributed by atoms with Gasteiger partial charge in [-0.25, -0.2) is 19.2 Å². The van der Waals surface area contributed by atoms with Gasteiger partial charge in [0, 0.05) is 28.7 Å². The van der Waals surface area contributed by atoms with E-state index < -0.39 is 29.2 Å². The molecule has 5 rings (SSSR count). The van der Waals surface area contributed by atoms with Crippen molar-refractivity contribution in [2.75, 3.05) is 24.3 Å². The molecule has 0 aromatic carbocycles. The molecule has 1 saturated heterocycles. The van der Waals surface area contributed by atoms with Crippen molar-refractivity contribution < 1.29 is 29.1 Å². The van der Waals surface area contributed by atoms with Crippen LogP contribution in [0.5, 0.6) is 0 Å². The van der Waals surface area contributed by atoms with E-state index in [0.717, 1.165) is 11.3 Å². The number of carboxylic acids is 1. The molecule has 18 heteroatoms. The fourth-order valence-electron chi connectivity index (χ4n) is 4.00. The second kappa shape index (κ2) is 10.2. The van der Waals surface area contributed by atoms with Gasteiger partial charge in [-0.05, 0) is 24.4 Å². The van der Waals surface area contributed by atoms with Gasteiger partial charge in [0.25, 0.3) is 17.7 Å². The molecule has 0 radical (unpaired) electrons. The van der Waals surface area contributed by atoms with Crippen LogP contribution in [0.4, 0.5) is 5.13 Å². The van der Waals surface area contributed by atoms with Crippen molar-refractivity contribution in [1.82, 2.24) is 35.5 Å². The van der Waals surface area contributed by atoms with Crippen LogP contribution in [-0.2, 0) is 24.0 Å². The molecule has 4 aliphatic rings. The predicted octanol–water partition coefficient (Wildman–Crippen LogP) is -0.668. The fourth-order valence-corrected chi connectivity index (χ4v) is 6.87. The highest BCUT2D eigenvalue weighted by Crippen LogP contribution is 2.41. The Morgan fingerprint density at radius 3 is 2.89 bits per heavy atom. The SMILES string of the molecule is CON=C(C(=O)N[C@@H]1C(=O)N2C(C(=O)O)=C(CSN3C=C4NC(C)=CC(=O)N4N3)CS[C@H]12)c1csc(N)n1. The van der Waals surface area contributed by atoms with Crippen LogP contribution in [0.25, 0.3) is 0 Å². The average Bonchev–Trinajstić information content (AvgIpc) is 3.49. The van der Waals surface area contributed by atoms with Gasteiger partial charge < -0.3 is 26.3 Å². The summed E-state index contributed by atoms with van der Waals surface area (Å²) in [7, 11) is 1.27. The number of nitrogens with one attached hydrogen (secondary N) is 3. The number of oxime groups is 1. The zero-order valence-electron chi connectivity index (χ0n) is 19.8. The number of allylic oxidation sites excluding steroid dienone is 1. The number of carbonyl (C=O) groups excluding carboxylic acids is 3. The van der Waals surface area contributed by atoms with Crippen molar-refractivity contribution in [2.45, 2.75) is 18.3 Å². The van der Waals surface area contributed by atoms with Gasteiger partial charge in [-0.1, -0.05) is 5.16 Å². The minimum atomic E-state index is -1.24. The van der Waals surface area contributed by atoms with E-state index in [4.69, 9.17) is 10.6 Å². The Bertz CT molecular complexity index is 1360. The van der Waals surface area contributed by atoms with Crippen LogP contribution in [0.15, 0.2) is 45.6 Å². The number of nitrogens with two attached hydrogens (primary N) is 1. The molecule has 38 heavy (non-hydrogen) atoms. The Hall–Kier alpha value is -3.74. The lowest BCUT2D eigenvalue weighted by molar-refractivity contribution is -0.150. The minimum absolute atomic E-state index is 0.119. The van der Waals surface area contributed by atoms with Crippen molar-refractivity contribution in [3.63, 3.8) is 0 Å². The molecule has 0 spiro atoms. The van der Waals surface area contributed by atoms with E-state index in [0.29, 0.717) is 22.8 Å². The number of anilines is 1. The van der Waals surface area contributed by atoms with Crippen LogP contribution in [0.1, 0.15) is 12.6 Å². The molecular weight excluding hydrogens is 558 g/mol. The molecule has 5 heterocycles. The number of nitrogen functional groups attached to an aromatic ring is 1. The fraction of sp³-hybridized carbons (Fsp3) is 0.300.